The number of fused-ring (bicyclic) bond motifs is 1. The van der Waals surface area contributed by atoms with Gasteiger partial charge in [-0.3, -0.25) is 38.4 Å². The largest absolute Gasteiger partial charge is 0.450 e. The Morgan fingerprint density at radius 1 is 0.618 bits per heavy atom. The van der Waals surface area contributed by atoms with Crippen molar-refractivity contribution in [1.82, 2.24) is 29.8 Å². The minimum Gasteiger partial charge on any atom is -0.450 e. The summed E-state index contributed by atoms with van der Waals surface area (Å²) >= 11 is 0. The van der Waals surface area contributed by atoms with Gasteiger partial charge in [0.1, 0.15) is 18.1 Å². The van der Waals surface area contributed by atoms with Gasteiger partial charge in [-0.25, -0.2) is 4.79 Å². The molecule has 6 amide bonds. The Balaban J connectivity index is 1.74. The number of carbonyl (C=O) groups excluding carboxylic acids is 9. The van der Waals surface area contributed by atoms with Crippen LogP contribution in [0, 0.1) is 41.4 Å². The molecule has 4 unspecified atom stereocenters. The minimum atomic E-state index is -4.63. The number of hydrogen-bond acceptors (Lipinski definition) is 11. The van der Waals surface area contributed by atoms with Crippen LogP contribution >= 0.6 is 0 Å². The highest BCUT2D eigenvalue weighted by atomic mass is 19.4. The van der Waals surface area contributed by atoms with Gasteiger partial charge in [-0.05, 0) is 97.6 Å². The van der Waals surface area contributed by atoms with Crippen LogP contribution in [0.5, 0.6) is 0 Å². The highest BCUT2D eigenvalue weighted by molar-refractivity contribution is 5.99. The molecule has 2 aliphatic rings. The number of alkyl halides is 3. The van der Waals surface area contributed by atoms with Crippen molar-refractivity contribution in [1.29, 1.82) is 0 Å². The molecular weight excluding hydrogens is 1150 g/mol. The highest BCUT2D eigenvalue weighted by Crippen LogP contribution is 2.35. The third kappa shape index (κ3) is 18.1. The van der Waals surface area contributed by atoms with Crippen LogP contribution in [0.4, 0.5) is 13.2 Å². The van der Waals surface area contributed by atoms with E-state index in [0.29, 0.717) is 36.0 Å². The average molecular weight is 1240 g/mol. The molecule has 2 N–H and O–H groups in total. The molecule has 89 heavy (non-hydrogen) atoms. The number of benzene rings is 3. The summed E-state index contributed by atoms with van der Waals surface area (Å²) in [7, 11) is 5.61. The molecule has 490 valence electrons. The summed E-state index contributed by atoms with van der Waals surface area (Å²) in [6.45, 7) is 20.6. The van der Waals surface area contributed by atoms with Gasteiger partial charge in [0.2, 0.25) is 29.5 Å². The molecular formula is C69H97F3N6O11. The first-order valence-electron chi connectivity index (χ1n) is 31.5. The quantitative estimate of drug-likeness (QED) is 0.145. The van der Waals surface area contributed by atoms with Crippen molar-refractivity contribution in [2.75, 3.05) is 34.7 Å². The van der Waals surface area contributed by atoms with Crippen LogP contribution in [0.15, 0.2) is 78.9 Å². The molecule has 0 saturated carbocycles. The van der Waals surface area contributed by atoms with Crippen LogP contribution in [-0.4, -0.2) is 165 Å². The van der Waals surface area contributed by atoms with Crippen LogP contribution in [0.1, 0.15) is 145 Å². The van der Waals surface area contributed by atoms with Crippen molar-refractivity contribution < 1.29 is 66.2 Å². The van der Waals surface area contributed by atoms with E-state index in [-0.39, 0.29) is 56.6 Å². The van der Waals surface area contributed by atoms with Crippen molar-refractivity contribution in [3.63, 3.8) is 0 Å². The average Bonchev–Trinajstić information content (AvgIpc) is 3.33. The summed E-state index contributed by atoms with van der Waals surface area (Å²) in [5.41, 5.74) is -1.13. The number of ether oxygens (including phenoxy) is 1. The van der Waals surface area contributed by atoms with E-state index in [1.54, 1.807) is 96.1 Å². The van der Waals surface area contributed by atoms with Gasteiger partial charge in [0.25, 0.3) is 5.91 Å². The maximum Gasteiger partial charge on any atom is 0.416 e. The van der Waals surface area contributed by atoms with Crippen LogP contribution in [0.2, 0.25) is 0 Å². The Kier molecular flexibility index (Phi) is 25.5. The molecule has 0 spiro atoms. The number of carbonyl (C=O) groups is 9. The van der Waals surface area contributed by atoms with Crippen LogP contribution in [-0.2, 0) is 66.9 Å². The van der Waals surface area contributed by atoms with E-state index in [2.05, 4.69) is 5.32 Å². The van der Waals surface area contributed by atoms with E-state index < -0.39 is 148 Å². The second-order valence-corrected chi connectivity index (χ2v) is 26.6. The SMILES string of the molecule is CCC(C)[C@@H]1CC(=O)C2CCCN2C(=O)C(Cc2cccc(-c3cccc(C(F)(F)F)c3)c2)N(C)C(=O)[C@H](Cc2ccccc2)NC(=O)[C@H](C(C)C)N(C)C(=O)[C@@H](C(C)CC)OC(=O)[C@H](C(C)(C)O)N(C)C(=O)[C@H](CC(C)C)CC(=O)[C@H](C(C)C)N(C)C1=O. The van der Waals surface area contributed by atoms with Crippen molar-refractivity contribution >= 4 is 53.0 Å². The van der Waals surface area contributed by atoms with Gasteiger partial charge < -0.3 is 39.7 Å². The number of nitrogens with zero attached hydrogens (tertiary/aromatic N) is 5. The lowest BCUT2D eigenvalue weighted by Gasteiger charge is -2.39. The first-order valence-corrected chi connectivity index (χ1v) is 31.5. The van der Waals surface area contributed by atoms with Gasteiger partial charge >= 0.3 is 12.1 Å². The van der Waals surface area contributed by atoms with E-state index in [0.717, 1.165) is 21.9 Å². The number of likely N-dealkylation sites (N-methyl/N-ethyl adjacent to an activating group) is 4. The third-order valence-corrected chi connectivity index (χ3v) is 18.1. The number of cyclic esters (lactones) is 1. The fraction of sp³-hybridized carbons (Fsp3) is 0.609. The monoisotopic (exact) mass is 1240 g/mol. The second-order valence-electron chi connectivity index (χ2n) is 26.6. The summed E-state index contributed by atoms with van der Waals surface area (Å²) in [5, 5.41) is 14.7. The molecule has 2 saturated heterocycles. The fourth-order valence-corrected chi connectivity index (χ4v) is 12.8. The zero-order chi connectivity index (χ0) is 66.7. The van der Waals surface area contributed by atoms with Gasteiger partial charge in [-0.2, -0.15) is 13.2 Å². The molecule has 3 aromatic rings. The normalized spacial score (nSPS) is 25.2. The number of ketones is 2. The number of rotatable bonds is 14. The van der Waals surface area contributed by atoms with Crippen LogP contribution in [0.25, 0.3) is 11.1 Å². The van der Waals surface area contributed by atoms with Gasteiger partial charge in [0.05, 0.1) is 23.2 Å². The van der Waals surface area contributed by atoms with Crippen molar-refractivity contribution in [2.24, 2.45) is 41.4 Å². The minimum absolute atomic E-state index is 0.0966. The summed E-state index contributed by atoms with van der Waals surface area (Å²) in [6.07, 6.45) is -5.63. The maximum absolute atomic E-state index is 15.7. The van der Waals surface area contributed by atoms with E-state index in [1.807, 2.05) is 27.7 Å². The lowest BCUT2D eigenvalue weighted by Crippen LogP contribution is -2.61. The molecule has 20 heteroatoms. The highest BCUT2D eigenvalue weighted by Gasteiger charge is 2.48. The lowest BCUT2D eigenvalue weighted by molar-refractivity contribution is -0.178. The smallest absolute Gasteiger partial charge is 0.416 e. The maximum atomic E-state index is 15.7. The summed E-state index contributed by atoms with van der Waals surface area (Å²) in [6, 6.07) is 12.2. The number of halogens is 3. The first kappa shape index (κ1) is 72.8. The van der Waals surface area contributed by atoms with Crippen LogP contribution < -0.4 is 5.32 Å². The van der Waals surface area contributed by atoms with E-state index in [4.69, 9.17) is 4.74 Å². The van der Waals surface area contributed by atoms with E-state index in [9.17, 15) is 32.7 Å². The Labute approximate surface area is 524 Å². The zero-order valence-electron chi connectivity index (χ0n) is 55.1. The van der Waals surface area contributed by atoms with Gasteiger partial charge in [-0.15, -0.1) is 0 Å². The predicted octanol–water partition coefficient (Wildman–Crippen LogP) is 9.24. The molecule has 0 aromatic heterocycles. The molecule has 0 aliphatic carbocycles. The number of Topliss-reactive ketones (excluding diaryl/α,β-unsaturated/α-hetero) is 2. The van der Waals surface area contributed by atoms with E-state index >= 15 is 28.8 Å². The number of aliphatic hydroxyl groups is 1. The predicted molar refractivity (Wildman–Crippen MR) is 334 cm³/mol. The molecule has 2 aliphatic heterocycles. The zero-order valence-corrected chi connectivity index (χ0v) is 55.1. The Bertz CT molecular complexity index is 2980. The molecule has 0 bridgehead atoms. The third-order valence-electron chi connectivity index (χ3n) is 18.1. The Morgan fingerprint density at radius 2 is 1.19 bits per heavy atom. The molecule has 17 nitrogen and oxygen atoms in total. The molecule has 2 heterocycles. The van der Waals surface area contributed by atoms with Crippen molar-refractivity contribution in [3.05, 3.63) is 95.6 Å². The molecule has 11 atom stereocenters. The summed E-state index contributed by atoms with van der Waals surface area (Å²) < 4.78 is 48.2. The fourth-order valence-electron chi connectivity index (χ4n) is 12.8. The number of esters is 1. The summed E-state index contributed by atoms with van der Waals surface area (Å²) in [4.78, 5) is 142. The number of hydrogen-bond donors (Lipinski definition) is 2. The molecule has 5 rings (SSSR count). The summed E-state index contributed by atoms with van der Waals surface area (Å²) in [5.74, 6) is -10.5. The molecule has 0 radical (unpaired) electrons. The van der Waals surface area contributed by atoms with Gasteiger partial charge in [0.15, 0.2) is 23.7 Å². The standard InChI is InChI=1S/C69H97F3N6O11/c1-17-43(9)51-39-55(79)53-31-24-32-78(53)65(85)54(36-46-27-22-28-47(34-46)48-29-23-30-50(37-48)69(70,71)72)74(13)64(84)52(35-45-25-20-19-21-26-45)73-61(81)58(42(7)8)76(15)66(86)59(44(10)18-2)89-67(87)60(68(11,12)88)77(16)62(82)49(33-40(3)4)38-56(80)57(41(5)6)75(14)63(51)83/h19-23,25-30,34,37,40-44,49,51-54,57-60,88H,17-18,24,31-33,35-36,38-39H2,1-16H3,(H,73,81)/t43?,44?,49-,51+,52+,53?,54?,57+,58+,59-,60-/m1/s1. The topological polar surface area (TPSA) is 211 Å². The number of amides is 6. The number of nitrogens with one attached hydrogen (secondary N) is 1. The van der Waals surface area contributed by atoms with Crippen LogP contribution in [0.3, 0.4) is 0 Å². The Hall–Kier alpha value is -6.96. The van der Waals surface area contributed by atoms with Crippen molar-refractivity contribution in [2.45, 2.75) is 195 Å². The first-order chi connectivity index (χ1) is 41.5. The van der Waals surface area contributed by atoms with Gasteiger partial charge in [0, 0.05) is 78.2 Å². The second kappa shape index (κ2) is 31.2. The lowest BCUT2D eigenvalue weighted by atomic mass is 9.82. The van der Waals surface area contributed by atoms with E-state index in [1.165, 1.54) is 68.9 Å². The molecule has 3 aromatic carbocycles. The van der Waals surface area contributed by atoms with Crippen molar-refractivity contribution in [3.8, 4) is 11.1 Å². The van der Waals surface area contributed by atoms with Gasteiger partial charge in [-0.1, -0.05) is 142 Å². The Morgan fingerprint density at radius 3 is 1.75 bits per heavy atom. The molecule has 2 fully saturated rings.